The van der Waals surface area contributed by atoms with Gasteiger partial charge in [-0.15, -0.1) is 0 Å². The molecule has 1 aliphatic heterocycles. The van der Waals surface area contributed by atoms with E-state index in [1.54, 1.807) is 12.1 Å². The topological polar surface area (TPSA) is 38.8 Å². The van der Waals surface area contributed by atoms with Crippen molar-refractivity contribution in [3.05, 3.63) is 101 Å². The largest absolute Gasteiger partial charge is 0.425 e. The number of para-hydroxylation sites is 1. The Bertz CT molecular complexity index is 992. The Morgan fingerprint density at radius 2 is 1.64 bits per heavy atom. The molecular weight excluding hydrogens is 348 g/mol. The fourth-order valence-electron chi connectivity index (χ4n) is 3.78. The molecular formula is C25H24O3. The summed E-state index contributed by atoms with van der Waals surface area (Å²) >= 11 is 0. The lowest BCUT2D eigenvalue weighted by molar-refractivity contribution is -0.135. The molecule has 0 amide bonds. The van der Waals surface area contributed by atoms with E-state index in [-0.39, 0.29) is 5.97 Å². The van der Waals surface area contributed by atoms with E-state index in [0.717, 1.165) is 17.5 Å². The molecule has 0 aliphatic carbocycles. The number of epoxide rings is 1. The van der Waals surface area contributed by atoms with Crippen LogP contribution >= 0.6 is 0 Å². The minimum Gasteiger partial charge on any atom is -0.425 e. The van der Waals surface area contributed by atoms with Gasteiger partial charge >= 0.3 is 5.97 Å². The highest BCUT2D eigenvalue weighted by Crippen LogP contribution is 2.53. The lowest BCUT2D eigenvalue weighted by atomic mass is 9.83. The molecule has 3 aromatic rings. The maximum absolute atomic E-state index is 12.9. The van der Waals surface area contributed by atoms with E-state index in [1.807, 2.05) is 30.3 Å². The first-order valence-electron chi connectivity index (χ1n) is 9.66. The highest BCUT2D eigenvalue weighted by atomic mass is 16.7. The van der Waals surface area contributed by atoms with Crippen molar-refractivity contribution in [2.75, 3.05) is 0 Å². The van der Waals surface area contributed by atoms with Crippen molar-refractivity contribution in [2.45, 2.75) is 38.9 Å². The Balaban J connectivity index is 1.75. The maximum atomic E-state index is 12.9. The second kappa shape index (κ2) is 7.25. The van der Waals surface area contributed by atoms with E-state index < -0.39 is 11.7 Å². The van der Waals surface area contributed by atoms with E-state index in [0.29, 0.717) is 5.75 Å². The molecule has 2 unspecified atom stereocenters. The Hall–Kier alpha value is -2.91. The third-order valence-corrected chi connectivity index (χ3v) is 5.31. The lowest BCUT2D eigenvalue weighted by Gasteiger charge is -2.18. The van der Waals surface area contributed by atoms with Gasteiger partial charge in [-0.25, -0.2) is 4.79 Å². The molecule has 3 nitrogen and oxygen atoms in total. The van der Waals surface area contributed by atoms with Crippen LogP contribution in [0.15, 0.2) is 72.8 Å². The maximum Gasteiger partial charge on any atom is 0.344 e. The Kier molecular flexibility index (Phi) is 4.78. The molecule has 4 rings (SSSR count). The van der Waals surface area contributed by atoms with Gasteiger partial charge in [0.1, 0.15) is 5.75 Å². The van der Waals surface area contributed by atoms with Gasteiger partial charge in [0.15, 0.2) is 11.7 Å². The molecule has 0 radical (unpaired) electrons. The van der Waals surface area contributed by atoms with Crippen molar-refractivity contribution < 1.29 is 14.3 Å². The first-order chi connectivity index (χ1) is 13.5. The SMILES string of the molecule is CCc1cc(C)ccc1C1(c2ccc(C)cc2)OC1C(=O)Oc1ccccc1. The van der Waals surface area contributed by atoms with Crippen molar-refractivity contribution in [1.29, 1.82) is 0 Å². The molecule has 0 saturated carbocycles. The van der Waals surface area contributed by atoms with Gasteiger partial charge in [-0.3, -0.25) is 0 Å². The molecule has 1 heterocycles. The van der Waals surface area contributed by atoms with E-state index in [4.69, 9.17) is 9.47 Å². The summed E-state index contributed by atoms with van der Waals surface area (Å²) in [4.78, 5) is 12.9. The molecule has 142 valence electrons. The minimum absolute atomic E-state index is 0.366. The average Bonchev–Trinajstić information content (AvgIpc) is 3.46. The highest BCUT2D eigenvalue weighted by molar-refractivity contribution is 5.84. The zero-order valence-corrected chi connectivity index (χ0v) is 16.4. The van der Waals surface area contributed by atoms with Crippen LogP contribution in [0.25, 0.3) is 0 Å². The number of aryl methyl sites for hydroxylation is 3. The molecule has 1 aliphatic rings. The molecule has 1 fully saturated rings. The van der Waals surface area contributed by atoms with Crippen LogP contribution in [0.3, 0.4) is 0 Å². The fourth-order valence-corrected chi connectivity index (χ4v) is 3.78. The predicted molar refractivity (Wildman–Crippen MR) is 109 cm³/mol. The lowest BCUT2D eigenvalue weighted by Crippen LogP contribution is -2.25. The summed E-state index contributed by atoms with van der Waals surface area (Å²) in [6.07, 6.45) is 0.206. The van der Waals surface area contributed by atoms with E-state index in [9.17, 15) is 4.79 Å². The number of carbonyl (C=O) groups is 1. The van der Waals surface area contributed by atoms with E-state index in [1.165, 1.54) is 16.7 Å². The fraction of sp³-hybridized carbons (Fsp3) is 0.240. The van der Waals surface area contributed by atoms with Crippen LogP contribution in [0, 0.1) is 13.8 Å². The summed E-state index contributed by atoms with van der Waals surface area (Å²) in [5.41, 5.74) is 4.78. The third-order valence-electron chi connectivity index (χ3n) is 5.31. The van der Waals surface area contributed by atoms with Crippen LogP contribution in [-0.2, 0) is 21.6 Å². The molecule has 28 heavy (non-hydrogen) atoms. The minimum atomic E-state index is -0.793. The second-order valence-electron chi connectivity index (χ2n) is 7.35. The van der Waals surface area contributed by atoms with Crippen molar-refractivity contribution in [3.8, 4) is 5.75 Å². The van der Waals surface area contributed by atoms with Gasteiger partial charge in [0.05, 0.1) is 0 Å². The zero-order valence-electron chi connectivity index (χ0n) is 16.4. The van der Waals surface area contributed by atoms with Crippen LogP contribution in [0.2, 0.25) is 0 Å². The number of carbonyl (C=O) groups excluding carboxylic acids is 1. The molecule has 2 atom stereocenters. The molecule has 0 aromatic heterocycles. The Labute approximate surface area is 165 Å². The van der Waals surface area contributed by atoms with Crippen molar-refractivity contribution >= 4 is 5.97 Å². The number of hydrogen-bond donors (Lipinski definition) is 0. The predicted octanol–water partition coefficient (Wildman–Crippen LogP) is 5.11. The van der Waals surface area contributed by atoms with Crippen LogP contribution < -0.4 is 4.74 Å². The van der Waals surface area contributed by atoms with Crippen LogP contribution in [-0.4, -0.2) is 12.1 Å². The highest BCUT2D eigenvalue weighted by Gasteiger charge is 2.64. The second-order valence-corrected chi connectivity index (χ2v) is 7.35. The van der Waals surface area contributed by atoms with Gasteiger partial charge in [-0.05, 0) is 49.1 Å². The third kappa shape index (κ3) is 3.23. The summed E-state index contributed by atoms with van der Waals surface area (Å²) in [7, 11) is 0. The van der Waals surface area contributed by atoms with Crippen molar-refractivity contribution in [3.63, 3.8) is 0 Å². The Morgan fingerprint density at radius 1 is 0.964 bits per heavy atom. The summed E-state index contributed by atoms with van der Waals surface area (Å²) in [6.45, 7) is 6.26. The number of hydrogen-bond acceptors (Lipinski definition) is 3. The molecule has 0 spiro atoms. The Morgan fingerprint density at radius 3 is 2.32 bits per heavy atom. The van der Waals surface area contributed by atoms with Crippen molar-refractivity contribution in [1.82, 2.24) is 0 Å². The first kappa shape index (κ1) is 18.5. The van der Waals surface area contributed by atoms with Crippen LogP contribution in [0.5, 0.6) is 5.75 Å². The molecule has 3 heteroatoms. The summed E-state index contributed by atoms with van der Waals surface area (Å²) in [5, 5.41) is 0. The molecule has 0 bridgehead atoms. The molecule has 1 saturated heterocycles. The smallest absolute Gasteiger partial charge is 0.344 e. The quantitative estimate of drug-likeness (QED) is 0.355. The number of rotatable bonds is 5. The van der Waals surface area contributed by atoms with Gasteiger partial charge in [0, 0.05) is 0 Å². The average molecular weight is 372 g/mol. The van der Waals surface area contributed by atoms with Crippen molar-refractivity contribution in [2.24, 2.45) is 0 Å². The van der Waals surface area contributed by atoms with Gasteiger partial charge < -0.3 is 9.47 Å². The summed E-state index contributed by atoms with van der Waals surface area (Å²) in [6, 6.07) is 23.7. The normalized spacial score (nSPS) is 20.6. The summed E-state index contributed by atoms with van der Waals surface area (Å²) < 4.78 is 11.8. The summed E-state index contributed by atoms with van der Waals surface area (Å²) in [5.74, 6) is 0.162. The number of ether oxygens (including phenoxy) is 2. The van der Waals surface area contributed by atoms with Gasteiger partial charge in [-0.2, -0.15) is 0 Å². The molecule has 0 N–H and O–H groups in total. The van der Waals surface area contributed by atoms with Gasteiger partial charge in [0.25, 0.3) is 0 Å². The van der Waals surface area contributed by atoms with E-state index >= 15 is 0 Å². The zero-order chi connectivity index (χ0) is 19.7. The van der Waals surface area contributed by atoms with Gasteiger partial charge in [0.2, 0.25) is 0 Å². The number of esters is 1. The number of benzene rings is 3. The van der Waals surface area contributed by atoms with Crippen LogP contribution in [0.4, 0.5) is 0 Å². The monoisotopic (exact) mass is 372 g/mol. The standard InChI is InChI=1S/C25H24O3/c1-4-19-16-18(3)12-15-22(19)25(20-13-10-17(2)11-14-20)23(28-25)24(26)27-21-8-6-5-7-9-21/h5-16,23H,4H2,1-3H3. The first-order valence-corrected chi connectivity index (χ1v) is 9.66. The van der Waals surface area contributed by atoms with Crippen LogP contribution in [0.1, 0.15) is 34.7 Å². The van der Waals surface area contributed by atoms with Gasteiger partial charge in [-0.1, -0.05) is 78.7 Å². The molecule has 3 aromatic carbocycles. The van der Waals surface area contributed by atoms with E-state index in [2.05, 4.69) is 51.1 Å².